The number of rotatable bonds is 4. The molecule has 4 aromatic heterocycles. The highest BCUT2D eigenvalue weighted by Crippen LogP contribution is 2.34. The van der Waals surface area contributed by atoms with Crippen molar-refractivity contribution >= 4 is 11.0 Å². The van der Waals surface area contributed by atoms with Crippen LogP contribution in [0.4, 0.5) is 39.5 Å². The van der Waals surface area contributed by atoms with Crippen LogP contribution in [0.15, 0.2) is 91.6 Å². The smallest absolute Gasteiger partial charge is 0.406 e. The summed E-state index contributed by atoms with van der Waals surface area (Å²) in [5.41, 5.74) is 1.68. The molecule has 0 aliphatic carbocycles. The minimum Gasteiger partial charge on any atom is -0.406 e. The van der Waals surface area contributed by atoms with Crippen LogP contribution in [0.1, 0.15) is 5.56 Å². The zero-order valence-corrected chi connectivity index (χ0v) is 21.6. The third-order valence-corrected chi connectivity index (χ3v) is 5.79. The second-order valence-corrected chi connectivity index (χ2v) is 8.79. The lowest BCUT2D eigenvalue weighted by Gasteiger charge is -2.09. The summed E-state index contributed by atoms with van der Waals surface area (Å²) in [4.78, 5) is 4.19. The molecule has 2 aromatic carbocycles. The van der Waals surface area contributed by atoms with Gasteiger partial charge in [0, 0.05) is 11.1 Å². The molecular formula is C27H15F9N6O2. The van der Waals surface area contributed by atoms with E-state index in [0.717, 1.165) is 22.3 Å². The molecule has 0 spiro atoms. The summed E-state index contributed by atoms with van der Waals surface area (Å²) in [5, 5.41) is 11.3. The zero-order chi connectivity index (χ0) is 31.7. The molecule has 0 fully saturated rings. The monoisotopic (exact) mass is 626 g/mol. The molecule has 0 saturated carbocycles. The van der Waals surface area contributed by atoms with Crippen LogP contribution in [0, 0.1) is 0 Å². The van der Waals surface area contributed by atoms with E-state index in [-0.39, 0.29) is 11.3 Å². The van der Waals surface area contributed by atoms with Crippen molar-refractivity contribution in [1.82, 2.24) is 29.4 Å². The molecule has 0 amide bonds. The second-order valence-electron chi connectivity index (χ2n) is 8.79. The van der Waals surface area contributed by atoms with Gasteiger partial charge >= 0.3 is 18.9 Å². The molecule has 0 unspecified atom stereocenters. The third kappa shape index (κ3) is 7.34. The van der Waals surface area contributed by atoms with E-state index in [1.807, 2.05) is 6.07 Å². The van der Waals surface area contributed by atoms with Crippen molar-refractivity contribution in [2.45, 2.75) is 18.9 Å². The number of halogens is 9. The molecule has 44 heavy (non-hydrogen) atoms. The standard InChI is InChI=1S/C14H7F6N3O.C13H8F3N3O/c15-13(16,17)11-7-22-23-12(11)5-9(6-21-23)8-1-3-10(4-2-8)24-14(18,19)20;14-13(15,16)20-11-3-1-9(2-4-11)12-7-10-5-6-18-19(10)8-17-12/h1-7H;1-8H. The van der Waals surface area contributed by atoms with Crippen molar-refractivity contribution < 1.29 is 49.0 Å². The SMILES string of the molecule is FC(F)(F)Oc1ccc(-c2cc3ccnn3cn2)cc1.FC(F)(F)Oc1ccc(-c2cnn3ncc(C(F)(F)F)c3c2)cc1. The summed E-state index contributed by atoms with van der Waals surface area (Å²) in [6.07, 6.45) is -8.98. The van der Waals surface area contributed by atoms with E-state index in [0.29, 0.717) is 28.6 Å². The Labute approximate surface area is 239 Å². The summed E-state index contributed by atoms with van der Waals surface area (Å²) in [6.45, 7) is 0. The molecule has 0 saturated heterocycles. The Kier molecular flexibility index (Phi) is 7.79. The van der Waals surface area contributed by atoms with Crippen LogP contribution >= 0.6 is 0 Å². The van der Waals surface area contributed by atoms with E-state index in [1.54, 1.807) is 23.1 Å². The van der Waals surface area contributed by atoms with Gasteiger partial charge in [-0.25, -0.2) is 9.50 Å². The van der Waals surface area contributed by atoms with E-state index in [4.69, 9.17) is 0 Å². The summed E-state index contributed by atoms with van der Waals surface area (Å²) in [5.74, 6) is -0.688. The van der Waals surface area contributed by atoms with Crippen LogP contribution in [-0.4, -0.2) is 42.2 Å². The van der Waals surface area contributed by atoms with Crippen LogP contribution in [0.5, 0.6) is 11.5 Å². The van der Waals surface area contributed by atoms with Crippen molar-refractivity contribution in [1.29, 1.82) is 0 Å². The molecule has 0 aliphatic rings. The molecule has 6 aromatic rings. The average Bonchev–Trinajstić information content (AvgIpc) is 3.59. The number of nitrogens with zero attached hydrogens (tertiary/aromatic N) is 6. The van der Waals surface area contributed by atoms with Gasteiger partial charge in [0.2, 0.25) is 0 Å². The fourth-order valence-electron chi connectivity index (χ4n) is 3.92. The Balaban J connectivity index is 0.000000177. The number of alkyl halides is 9. The Morgan fingerprint density at radius 3 is 1.73 bits per heavy atom. The van der Waals surface area contributed by atoms with Gasteiger partial charge in [0.25, 0.3) is 0 Å². The predicted octanol–water partition coefficient (Wildman–Crippen LogP) is 7.61. The lowest BCUT2D eigenvalue weighted by Crippen LogP contribution is -2.16. The van der Waals surface area contributed by atoms with E-state index in [9.17, 15) is 39.5 Å². The number of benzene rings is 2. The Bertz CT molecular complexity index is 1880. The number of hydrogen-bond acceptors (Lipinski definition) is 6. The highest BCUT2D eigenvalue weighted by atomic mass is 19.4. The quantitative estimate of drug-likeness (QED) is 0.188. The summed E-state index contributed by atoms with van der Waals surface area (Å²) < 4.78 is 121. The van der Waals surface area contributed by atoms with E-state index in [2.05, 4.69) is 29.8 Å². The van der Waals surface area contributed by atoms with E-state index >= 15 is 0 Å². The predicted molar refractivity (Wildman–Crippen MR) is 135 cm³/mol. The first-order valence-corrected chi connectivity index (χ1v) is 12.1. The van der Waals surface area contributed by atoms with Gasteiger partial charge in [0.1, 0.15) is 28.9 Å². The normalized spacial score (nSPS) is 12.2. The van der Waals surface area contributed by atoms with Crippen molar-refractivity contribution in [3.8, 4) is 33.9 Å². The molecule has 17 heteroatoms. The van der Waals surface area contributed by atoms with Gasteiger partial charge in [-0.15, -0.1) is 26.3 Å². The minimum absolute atomic E-state index is 0.254. The molecule has 0 atom stereocenters. The van der Waals surface area contributed by atoms with E-state index < -0.39 is 30.2 Å². The molecule has 6 rings (SSSR count). The fourth-order valence-corrected chi connectivity index (χ4v) is 3.92. The molecule has 8 nitrogen and oxygen atoms in total. The second kappa shape index (κ2) is 11.4. The number of ether oxygens (including phenoxy) is 2. The van der Waals surface area contributed by atoms with Crippen molar-refractivity contribution in [2.24, 2.45) is 0 Å². The third-order valence-electron chi connectivity index (χ3n) is 5.79. The van der Waals surface area contributed by atoms with Gasteiger partial charge in [-0.05, 0) is 60.2 Å². The van der Waals surface area contributed by atoms with Gasteiger partial charge in [0.15, 0.2) is 0 Å². The summed E-state index contributed by atoms with van der Waals surface area (Å²) >= 11 is 0. The van der Waals surface area contributed by atoms with E-state index in [1.165, 1.54) is 48.7 Å². The maximum Gasteiger partial charge on any atom is 0.573 e. The fraction of sp³-hybridized carbons (Fsp3) is 0.111. The topological polar surface area (TPSA) is 78.8 Å². The molecular weight excluding hydrogens is 611 g/mol. The van der Waals surface area contributed by atoms with Gasteiger partial charge in [-0.1, -0.05) is 12.1 Å². The Morgan fingerprint density at radius 2 is 1.16 bits per heavy atom. The van der Waals surface area contributed by atoms with Crippen molar-refractivity contribution in [3.05, 3.63) is 97.2 Å². The van der Waals surface area contributed by atoms with Crippen molar-refractivity contribution in [2.75, 3.05) is 0 Å². The minimum atomic E-state index is -4.82. The van der Waals surface area contributed by atoms with Gasteiger partial charge in [-0.2, -0.15) is 33.1 Å². The molecule has 0 bridgehead atoms. The summed E-state index contributed by atoms with van der Waals surface area (Å²) in [6, 6.07) is 15.1. The molecule has 0 radical (unpaired) electrons. The van der Waals surface area contributed by atoms with Crippen molar-refractivity contribution in [3.63, 3.8) is 0 Å². The Hall–Kier alpha value is -5.35. The van der Waals surface area contributed by atoms with Crippen LogP contribution in [0.2, 0.25) is 0 Å². The number of hydrogen-bond donors (Lipinski definition) is 0. The first-order valence-electron chi connectivity index (χ1n) is 12.1. The molecule has 0 N–H and O–H groups in total. The molecule has 4 heterocycles. The lowest BCUT2D eigenvalue weighted by atomic mass is 10.1. The summed E-state index contributed by atoms with van der Waals surface area (Å²) in [7, 11) is 0. The van der Waals surface area contributed by atoms with Crippen LogP contribution in [0.3, 0.4) is 0 Å². The largest absolute Gasteiger partial charge is 0.573 e. The average molecular weight is 626 g/mol. The maximum absolute atomic E-state index is 12.9. The first-order chi connectivity index (χ1) is 20.6. The molecule has 228 valence electrons. The van der Waals surface area contributed by atoms with Gasteiger partial charge in [-0.3, -0.25) is 0 Å². The van der Waals surface area contributed by atoms with Gasteiger partial charge in [0.05, 0.1) is 29.8 Å². The first kappa shape index (κ1) is 30.1. The highest BCUT2D eigenvalue weighted by molar-refractivity contribution is 5.70. The number of fused-ring (bicyclic) bond motifs is 2. The zero-order valence-electron chi connectivity index (χ0n) is 21.6. The van der Waals surface area contributed by atoms with Gasteiger partial charge < -0.3 is 9.47 Å². The van der Waals surface area contributed by atoms with Crippen LogP contribution in [0.25, 0.3) is 33.4 Å². The maximum atomic E-state index is 12.9. The van der Waals surface area contributed by atoms with Crippen LogP contribution < -0.4 is 9.47 Å². The molecule has 0 aliphatic heterocycles. The number of aromatic nitrogens is 6. The Morgan fingerprint density at radius 1 is 0.591 bits per heavy atom. The lowest BCUT2D eigenvalue weighted by molar-refractivity contribution is -0.275. The highest BCUT2D eigenvalue weighted by Gasteiger charge is 2.35. The van der Waals surface area contributed by atoms with Crippen LogP contribution in [-0.2, 0) is 6.18 Å².